The highest BCUT2D eigenvalue weighted by Crippen LogP contribution is 2.32. The number of anilines is 1. The van der Waals surface area contributed by atoms with Crippen molar-refractivity contribution < 1.29 is 19.1 Å². The highest BCUT2D eigenvalue weighted by atomic mass is 16.6. The third-order valence-corrected chi connectivity index (χ3v) is 5.78. The summed E-state index contributed by atoms with van der Waals surface area (Å²) in [6.45, 7) is 9.89. The highest BCUT2D eigenvalue weighted by molar-refractivity contribution is 5.95. The van der Waals surface area contributed by atoms with Crippen molar-refractivity contribution in [2.24, 2.45) is 0 Å². The molecule has 7 nitrogen and oxygen atoms in total. The Morgan fingerprint density at radius 2 is 1.75 bits per heavy atom. The van der Waals surface area contributed by atoms with Gasteiger partial charge < -0.3 is 14.4 Å². The minimum atomic E-state index is -0.526. The van der Waals surface area contributed by atoms with E-state index in [0.29, 0.717) is 26.2 Å². The molecule has 2 heterocycles. The van der Waals surface area contributed by atoms with Gasteiger partial charge in [0.15, 0.2) is 0 Å². The van der Waals surface area contributed by atoms with Crippen molar-refractivity contribution >= 4 is 17.8 Å². The molecule has 0 aromatic heterocycles. The van der Waals surface area contributed by atoms with E-state index in [1.807, 2.05) is 73.0 Å². The molecule has 170 valence electrons. The maximum Gasteiger partial charge on any atom is 0.410 e. The van der Waals surface area contributed by atoms with Crippen molar-refractivity contribution in [2.45, 2.75) is 59.0 Å². The maximum absolute atomic E-state index is 13.2. The fourth-order valence-electron chi connectivity index (χ4n) is 4.25. The summed E-state index contributed by atoms with van der Waals surface area (Å²) in [5, 5.41) is 0. The van der Waals surface area contributed by atoms with Crippen LogP contribution in [0, 0.1) is 0 Å². The number of hydrogen-bond acceptors (Lipinski definition) is 4. The molecule has 0 bridgehead atoms. The predicted molar refractivity (Wildman–Crippen MR) is 123 cm³/mol. The largest absolute Gasteiger partial charge is 0.497 e. The lowest BCUT2D eigenvalue weighted by Crippen LogP contribution is -2.34. The quantitative estimate of drug-likeness (QED) is 0.691. The van der Waals surface area contributed by atoms with Gasteiger partial charge in [-0.3, -0.25) is 9.80 Å². The first kappa shape index (κ1) is 22.0. The summed E-state index contributed by atoms with van der Waals surface area (Å²) in [6.07, 6.45) is -0.313. The Bertz CT molecular complexity index is 1010. The average molecular weight is 438 g/mol. The van der Waals surface area contributed by atoms with E-state index in [-0.39, 0.29) is 18.2 Å². The fourth-order valence-corrected chi connectivity index (χ4v) is 4.25. The maximum atomic E-state index is 13.2. The van der Waals surface area contributed by atoms with Crippen LogP contribution in [0.4, 0.5) is 15.3 Å². The number of hydrogen-bond donors (Lipinski definition) is 0. The van der Waals surface area contributed by atoms with Gasteiger partial charge in [0, 0.05) is 31.9 Å². The van der Waals surface area contributed by atoms with Gasteiger partial charge in [0.1, 0.15) is 11.4 Å². The number of carbonyl (C=O) groups is 2. The van der Waals surface area contributed by atoms with E-state index in [2.05, 4.69) is 6.92 Å². The first-order valence-corrected chi connectivity index (χ1v) is 11.0. The van der Waals surface area contributed by atoms with Gasteiger partial charge >= 0.3 is 12.1 Å². The van der Waals surface area contributed by atoms with Crippen LogP contribution in [0.2, 0.25) is 0 Å². The van der Waals surface area contributed by atoms with Gasteiger partial charge in [-0.15, -0.1) is 0 Å². The number of urea groups is 1. The standard InChI is InChI=1S/C25H31N3O4/c1-17-13-26(14-18-6-10-22(31-5)11-7-18)23(29)28(17)21-9-8-19-15-27(16-20(19)12-21)24(30)32-25(2,3)4/h6-12,17H,13-16H2,1-5H3. The number of rotatable bonds is 4. The van der Waals surface area contributed by atoms with E-state index in [1.54, 1.807) is 12.0 Å². The number of nitrogens with zero attached hydrogens (tertiary/aromatic N) is 3. The van der Waals surface area contributed by atoms with Crippen molar-refractivity contribution in [1.29, 1.82) is 0 Å². The Kier molecular flexibility index (Phi) is 5.75. The third kappa shape index (κ3) is 4.52. The molecule has 3 amide bonds. The summed E-state index contributed by atoms with van der Waals surface area (Å²) in [7, 11) is 1.64. The first-order chi connectivity index (χ1) is 15.1. The lowest BCUT2D eigenvalue weighted by atomic mass is 10.1. The molecule has 1 unspecified atom stereocenters. The second kappa shape index (κ2) is 8.37. The zero-order valence-corrected chi connectivity index (χ0v) is 19.4. The van der Waals surface area contributed by atoms with Crippen LogP contribution in [0.5, 0.6) is 5.75 Å². The number of carbonyl (C=O) groups excluding carboxylic acids is 2. The third-order valence-electron chi connectivity index (χ3n) is 5.78. The van der Waals surface area contributed by atoms with Crippen LogP contribution in [0.1, 0.15) is 44.4 Å². The van der Waals surface area contributed by atoms with Crippen molar-refractivity contribution in [3.63, 3.8) is 0 Å². The van der Waals surface area contributed by atoms with E-state index in [0.717, 1.165) is 28.1 Å². The second-order valence-corrected chi connectivity index (χ2v) is 9.52. The number of amides is 3. The predicted octanol–water partition coefficient (Wildman–Crippen LogP) is 4.78. The molecule has 2 aliphatic rings. The second-order valence-electron chi connectivity index (χ2n) is 9.52. The normalized spacial score (nSPS) is 18.2. The van der Waals surface area contributed by atoms with Crippen molar-refractivity contribution in [1.82, 2.24) is 9.80 Å². The zero-order valence-electron chi connectivity index (χ0n) is 19.4. The summed E-state index contributed by atoms with van der Waals surface area (Å²) < 4.78 is 10.7. The van der Waals surface area contributed by atoms with Crippen LogP contribution in [0.25, 0.3) is 0 Å². The monoisotopic (exact) mass is 437 g/mol. The molecule has 0 radical (unpaired) electrons. The Balaban J connectivity index is 1.46. The first-order valence-electron chi connectivity index (χ1n) is 11.0. The van der Waals surface area contributed by atoms with E-state index in [4.69, 9.17) is 9.47 Å². The summed E-state index contributed by atoms with van der Waals surface area (Å²) in [5.74, 6) is 0.801. The van der Waals surface area contributed by atoms with Crippen LogP contribution in [0.3, 0.4) is 0 Å². The van der Waals surface area contributed by atoms with E-state index >= 15 is 0 Å². The summed E-state index contributed by atoms with van der Waals surface area (Å²) in [6, 6.07) is 13.9. The highest BCUT2D eigenvalue weighted by Gasteiger charge is 2.36. The van der Waals surface area contributed by atoms with Gasteiger partial charge in [-0.1, -0.05) is 18.2 Å². The van der Waals surface area contributed by atoms with Crippen LogP contribution in [-0.4, -0.2) is 47.2 Å². The van der Waals surface area contributed by atoms with Gasteiger partial charge in [-0.05, 0) is 68.7 Å². The molecule has 2 aromatic carbocycles. The summed E-state index contributed by atoms with van der Waals surface area (Å²) >= 11 is 0. The Morgan fingerprint density at radius 3 is 2.41 bits per heavy atom. The van der Waals surface area contributed by atoms with Gasteiger partial charge in [0.25, 0.3) is 0 Å². The minimum absolute atomic E-state index is 0.00439. The number of benzene rings is 2. The van der Waals surface area contributed by atoms with Gasteiger partial charge in [-0.25, -0.2) is 9.59 Å². The van der Waals surface area contributed by atoms with Crippen molar-refractivity contribution in [2.75, 3.05) is 18.6 Å². The Labute approximate surface area is 189 Å². The molecule has 4 rings (SSSR count). The molecule has 7 heteroatoms. The van der Waals surface area contributed by atoms with Crippen molar-refractivity contribution in [3.05, 3.63) is 59.2 Å². The van der Waals surface area contributed by atoms with Crippen LogP contribution in [0.15, 0.2) is 42.5 Å². The van der Waals surface area contributed by atoms with Gasteiger partial charge in [0.2, 0.25) is 0 Å². The molecular weight excluding hydrogens is 406 g/mol. The number of fused-ring (bicyclic) bond motifs is 1. The summed E-state index contributed by atoms with van der Waals surface area (Å²) in [5.41, 5.74) is 3.55. The molecule has 0 N–H and O–H groups in total. The van der Waals surface area contributed by atoms with Gasteiger partial charge in [0.05, 0.1) is 13.2 Å². The topological polar surface area (TPSA) is 62.3 Å². The SMILES string of the molecule is COc1ccc(CN2CC(C)N(c3ccc4c(c3)CN(C(=O)OC(C)(C)C)C4)C2=O)cc1. The minimum Gasteiger partial charge on any atom is -0.497 e. The van der Waals surface area contributed by atoms with E-state index in [1.165, 1.54) is 0 Å². The molecule has 0 spiro atoms. The lowest BCUT2D eigenvalue weighted by Gasteiger charge is -2.24. The molecule has 0 saturated carbocycles. The zero-order chi connectivity index (χ0) is 23.0. The van der Waals surface area contributed by atoms with Crippen LogP contribution in [-0.2, 0) is 24.4 Å². The van der Waals surface area contributed by atoms with E-state index in [9.17, 15) is 9.59 Å². The van der Waals surface area contributed by atoms with Crippen LogP contribution < -0.4 is 9.64 Å². The van der Waals surface area contributed by atoms with Gasteiger partial charge in [-0.2, -0.15) is 0 Å². The smallest absolute Gasteiger partial charge is 0.410 e. The molecule has 1 atom stereocenters. The molecule has 0 aliphatic carbocycles. The Hall–Kier alpha value is -3.22. The molecule has 2 aromatic rings. The summed E-state index contributed by atoms with van der Waals surface area (Å²) in [4.78, 5) is 31.1. The van der Waals surface area contributed by atoms with E-state index < -0.39 is 5.60 Å². The lowest BCUT2D eigenvalue weighted by molar-refractivity contribution is 0.0242. The number of methoxy groups -OCH3 is 1. The Morgan fingerprint density at radius 1 is 1.06 bits per heavy atom. The van der Waals surface area contributed by atoms with Crippen molar-refractivity contribution in [3.8, 4) is 5.75 Å². The molecule has 1 saturated heterocycles. The van der Waals surface area contributed by atoms with Crippen LogP contribution >= 0.6 is 0 Å². The average Bonchev–Trinajstić information content (AvgIpc) is 3.27. The number of ether oxygens (including phenoxy) is 2. The molecular formula is C25H31N3O4. The molecule has 2 aliphatic heterocycles. The molecule has 1 fully saturated rings. The fraction of sp³-hybridized carbons (Fsp3) is 0.440. The molecule has 32 heavy (non-hydrogen) atoms.